The molecule has 2 rings (SSSR count). The summed E-state index contributed by atoms with van der Waals surface area (Å²) < 4.78 is 33.1. The summed E-state index contributed by atoms with van der Waals surface area (Å²) in [4.78, 5) is 111. The topological polar surface area (TPSA) is 291 Å². The number of aliphatic hydroxyl groups excluding tert-OH is 1. The number of methoxy groups -OCH3 is 3. The van der Waals surface area contributed by atoms with Crippen LogP contribution in [0.2, 0.25) is 0 Å². The van der Waals surface area contributed by atoms with Crippen LogP contribution < -0.4 is 31.9 Å². The normalized spacial score (nSPS) is 17.6. The van der Waals surface area contributed by atoms with E-state index in [1.54, 1.807) is 30.8 Å². The fraction of sp³-hybridized carbons (Fsp3) is 0.750. The van der Waals surface area contributed by atoms with E-state index >= 15 is 0 Å². The number of carbonyl (C=O) groups is 8. The van der Waals surface area contributed by atoms with Crippen LogP contribution >= 0.6 is 0 Å². The number of rotatable bonds is 37. The molecule has 0 spiro atoms. The largest absolute Gasteiger partial charge is 0.464 e. The van der Waals surface area contributed by atoms with Crippen LogP contribution in [0.4, 0.5) is 4.79 Å². The van der Waals surface area contributed by atoms with E-state index in [1.807, 2.05) is 78.8 Å². The summed E-state index contributed by atoms with van der Waals surface area (Å²) >= 11 is 0. The number of aliphatic hydroxyl groups is 1. The van der Waals surface area contributed by atoms with Gasteiger partial charge < -0.3 is 75.2 Å². The molecule has 3 unspecified atom stereocenters. The molecule has 0 radical (unpaired) electrons. The van der Waals surface area contributed by atoms with E-state index in [2.05, 4.69) is 31.9 Å². The maximum absolute atomic E-state index is 14.5. The quantitative estimate of drug-likeness (QED) is 0.0286. The van der Waals surface area contributed by atoms with Gasteiger partial charge in [0.15, 0.2) is 6.29 Å². The van der Waals surface area contributed by atoms with Crippen molar-refractivity contribution in [1.29, 1.82) is 0 Å². The van der Waals surface area contributed by atoms with Crippen molar-refractivity contribution in [2.24, 2.45) is 23.7 Å². The zero-order valence-corrected chi connectivity index (χ0v) is 49.4. The summed E-state index contributed by atoms with van der Waals surface area (Å²) in [7, 11) is 7.79. The fourth-order valence-corrected chi connectivity index (χ4v) is 9.61. The maximum Gasteiger partial charge on any atom is 0.407 e. The molecule has 23 nitrogen and oxygen atoms in total. The Morgan fingerprint density at radius 2 is 1.46 bits per heavy atom. The van der Waals surface area contributed by atoms with Gasteiger partial charge in [0.1, 0.15) is 24.7 Å². The SMILES string of the molecule is CCC(CO)OC(COC(=O)NCCC(=O)N[C@@H](C)C(=O)OCCCNC(=O)C(Cc1ccccc1)NC(=O)[C@H](C)[C@@H](OC)[C@@H]1CCCN1C(=O)C[C@@H](OC)[C@H]([C@@H](C)CC)N(C)C(=O)[C@@H](NC(=O)[C@@H](NC)C(C)C)C(C)C)OC. The zero-order valence-electron chi connectivity index (χ0n) is 49.4. The number of nitrogens with zero attached hydrogens (tertiary/aromatic N) is 2. The molecular weight excluding hydrogens is 1020 g/mol. The van der Waals surface area contributed by atoms with Gasteiger partial charge in [-0.2, -0.15) is 0 Å². The second kappa shape index (κ2) is 36.7. The van der Waals surface area contributed by atoms with Gasteiger partial charge in [-0.3, -0.25) is 28.8 Å². The molecule has 0 aromatic heterocycles. The summed E-state index contributed by atoms with van der Waals surface area (Å²) in [6, 6.07) is 4.86. The molecule has 1 aromatic rings. The van der Waals surface area contributed by atoms with Crippen LogP contribution in [0.15, 0.2) is 30.3 Å². The van der Waals surface area contributed by atoms with E-state index in [0.717, 1.165) is 5.56 Å². The lowest BCUT2D eigenvalue weighted by Crippen LogP contribution is -2.59. The number of alkyl carbamates (subject to hydrolysis) is 1. The number of likely N-dealkylation sites (tertiary alicyclic amines) is 1. The van der Waals surface area contributed by atoms with E-state index in [4.69, 9.17) is 28.4 Å². The van der Waals surface area contributed by atoms with Crippen molar-refractivity contribution in [3.8, 4) is 0 Å². The van der Waals surface area contributed by atoms with Gasteiger partial charge in [0.25, 0.3) is 0 Å². The van der Waals surface area contributed by atoms with E-state index in [9.17, 15) is 43.5 Å². The Labute approximate surface area is 468 Å². The Bertz CT molecular complexity index is 2030. The van der Waals surface area contributed by atoms with Gasteiger partial charge in [0, 0.05) is 60.9 Å². The minimum absolute atomic E-state index is 0.0100. The minimum atomic E-state index is -1.01. The van der Waals surface area contributed by atoms with Crippen molar-refractivity contribution < 1.29 is 71.9 Å². The zero-order chi connectivity index (χ0) is 59.4. The predicted molar refractivity (Wildman–Crippen MR) is 296 cm³/mol. The van der Waals surface area contributed by atoms with Gasteiger partial charge >= 0.3 is 12.1 Å². The Balaban J connectivity index is 2.06. The van der Waals surface area contributed by atoms with Crippen molar-refractivity contribution in [3.63, 3.8) is 0 Å². The highest BCUT2D eigenvalue weighted by molar-refractivity contribution is 5.91. The fourth-order valence-electron chi connectivity index (χ4n) is 9.61. The number of ether oxygens (including phenoxy) is 6. The van der Waals surface area contributed by atoms with Crippen LogP contribution in [0.3, 0.4) is 0 Å². The lowest BCUT2D eigenvalue weighted by Gasteiger charge is -2.41. The Hall–Kier alpha value is -5.46. The predicted octanol–water partition coefficient (Wildman–Crippen LogP) is 2.45. The van der Waals surface area contributed by atoms with Crippen molar-refractivity contribution in [2.75, 3.05) is 74.9 Å². The highest BCUT2D eigenvalue weighted by Crippen LogP contribution is 2.30. The van der Waals surface area contributed by atoms with Crippen molar-refractivity contribution in [2.45, 2.75) is 175 Å². The molecule has 79 heavy (non-hydrogen) atoms. The number of carbonyl (C=O) groups excluding carboxylic acids is 8. The third-order valence-corrected chi connectivity index (χ3v) is 14.5. The first-order valence-electron chi connectivity index (χ1n) is 27.9. The van der Waals surface area contributed by atoms with E-state index in [0.29, 0.717) is 32.2 Å². The molecule has 12 atom stereocenters. The summed E-state index contributed by atoms with van der Waals surface area (Å²) in [5, 5.41) is 26.0. The summed E-state index contributed by atoms with van der Waals surface area (Å²) in [5.74, 6) is -4.08. The number of amides is 7. The molecule has 0 saturated carbocycles. The molecule has 1 heterocycles. The van der Waals surface area contributed by atoms with Crippen LogP contribution in [0.5, 0.6) is 0 Å². The number of benzene rings is 1. The smallest absolute Gasteiger partial charge is 0.407 e. The summed E-state index contributed by atoms with van der Waals surface area (Å²) in [5.41, 5.74) is 0.798. The number of hydrogen-bond donors (Lipinski definition) is 7. The van der Waals surface area contributed by atoms with Gasteiger partial charge in [0.05, 0.1) is 62.0 Å². The number of nitrogens with one attached hydrogen (secondary N) is 6. The number of esters is 1. The number of likely N-dealkylation sites (N-methyl/N-ethyl adjacent to an activating group) is 2. The Morgan fingerprint density at radius 3 is 2.03 bits per heavy atom. The highest BCUT2D eigenvalue weighted by atomic mass is 16.7. The van der Waals surface area contributed by atoms with Crippen molar-refractivity contribution >= 4 is 47.5 Å². The molecule has 1 saturated heterocycles. The first kappa shape index (κ1) is 69.6. The molecule has 1 aliphatic rings. The average molecular weight is 1120 g/mol. The van der Waals surface area contributed by atoms with Gasteiger partial charge in [-0.15, -0.1) is 0 Å². The molecule has 23 heteroatoms. The molecule has 7 N–H and O–H groups in total. The maximum atomic E-state index is 14.5. The molecule has 1 aliphatic heterocycles. The molecule has 0 bridgehead atoms. The highest BCUT2D eigenvalue weighted by Gasteiger charge is 2.43. The molecule has 0 aliphatic carbocycles. The molecule has 450 valence electrons. The van der Waals surface area contributed by atoms with E-state index in [-0.39, 0.29) is 94.1 Å². The monoisotopic (exact) mass is 1120 g/mol. The second-order valence-corrected chi connectivity index (χ2v) is 21.0. The summed E-state index contributed by atoms with van der Waals surface area (Å²) in [6.45, 7) is 16.5. The van der Waals surface area contributed by atoms with Crippen LogP contribution in [0.25, 0.3) is 0 Å². The van der Waals surface area contributed by atoms with Gasteiger partial charge in [-0.25, -0.2) is 9.59 Å². The van der Waals surface area contributed by atoms with Gasteiger partial charge in [-0.1, -0.05) is 92.1 Å². The van der Waals surface area contributed by atoms with Crippen molar-refractivity contribution in [3.05, 3.63) is 35.9 Å². The lowest BCUT2D eigenvalue weighted by atomic mass is 9.89. The van der Waals surface area contributed by atoms with Gasteiger partial charge in [0.2, 0.25) is 35.4 Å². The Kier molecular flexibility index (Phi) is 32.4. The average Bonchev–Trinajstić information content (AvgIpc) is 3.92. The Morgan fingerprint density at radius 1 is 0.785 bits per heavy atom. The van der Waals surface area contributed by atoms with Crippen LogP contribution in [0, 0.1) is 23.7 Å². The second-order valence-electron chi connectivity index (χ2n) is 21.0. The first-order chi connectivity index (χ1) is 37.5. The first-order valence-corrected chi connectivity index (χ1v) is 27.9. The third kappa shape index (κ3) is 22.9. The van der Waals surface area contributed by atoms with Crippen molar-refractivity contribution in [1.82, 2.24) is 41.7 Å². The van der Waals surface area contributed by atoms with E-state index < -0.39 is 96.6 Å². The standard InChI is InChI=1S/C56H96N8O15/c1-15-36(7)49(63(11)54(71)48(35(5)6)62-53(70)47(57-10)34(3)4)43(74-12)31-45(67)64-28-20-24-42(64)50(76-14)37(8)51(68)61-41(30-39-22-18-17-19-23-39)52(69)58-26-21-29-77-55(72)38(9)60-44(66)25-27-59-56(73)78-33-46(75-13)79-40(16-2)32-65/h17-19,22-23,34-38,40-43,46-50,57,65H,15-16,20-21,24-33H2,1-14H3,(H,58,69)(H,59,73)(H,60,66)(H,61,68)(H,62,70)/t36-,37+,38-,40?,41?,42-,43+,46?,47-,48-,49-,50+/m0/s1. The molecule has 1 aromatic carbocycles. The molecular formula is C56H96N8O15. The minimum Gasteiger partial charge on any atom is -0.464 e. The molecule has 7 amide bonds. The van der Waals surface area contributed by atoms with Crippen LogP contribution in [-0.2, 0) is 68.4 Å². The van der Waals surface area contributed by atoms with Gasteiger partial charge in [-0.05, 0) is 63.0 Å². The third-order valence-electron chi connectivity index (χ3n) is 14.5. The molecule has 1 fully saturated rings. The van der Waals surface area contributed by atoms with Crippen LogP contribution in [0.1, 0.15) is 113 Å². The van der Waals surface area contributed by atoms with Crippen LogP contribution in [-0.4, -0.2) is 198 Å². The van der Waals surface area contributed by atoms with E-state index in [1.165, 1.54) is 28.3 Å². The number of hydrogen-bond acceptors (Lipinski definition) is 16. The lowest BCUT2D eigenvalue weighted by molar-refractivity contribution is -0.181. The summed E-state index contributed by atoms with van der Waals surface area (Å²) in [6.07, 6.45) is -1.03.